The molecule has 34 heavy (non-hydrogen) atoms. The number of aliphatic hydroxyl groups is 3. The molecule has 7 unspecified atom stereocenters. The quantitative estimate of drug-likeness (QED) is 0.463. The molecule has 0 amide bonds. The predicted molar refractivity (Wildman–Crippen MR) is 135 cm³/mol. The first-order valence-corrected chi connectivity index (χ1v) is 14.3. The van der Waals surface area contributed by atoms with Crippen LogP contribution < -0.4 is 0 Å². The summed E-state index contributed by atoms with van der Waals surface area (Å²) in [5.74, 6) is 3.06. The number of hydrogen-bond acceptors (Lipinski definition) is 4. The van der Waals surface area contributed by atoms with Crippen LogP contribution in [0.4, 0.5) is 0 Å². The third kappa shape index (κ3) is 3.16. The van der Waals surface area contributed by atoms with Gasteiger partial charge >= 0.3 is 0 Å². The first-order valence-electron chi connectivity index (χ1n) is 14.3. The lowest BCUT2D eigenvalue weighted by molar-refractivity contribution is -0.157. The molecule has 1 saturated heterocycles. The van der Waals surface area contributed by atoms with Gasteiger partial charge in [0.1, 0.15) is 0 Å². The summed E-state index contributed by atoms with van der Waals surface area (Å²) in [6.07, 6.45) is 12.6. The molecule has 1 heterocycles. The van der Waals surface area contributed by atoms with E-state index in [1.807, 2.05) is 0 Å². The highest BCUT2D eigenvalue weighted by atomic mass is 16.5. The van der Waals surface area contributed by atoms with Crippen LogP contribution in [-0.4, -0.2) is 46.8 Å². The molecule has 4 nitrogen and oxygen atoms in total. The van der Waals surface area contributed by atoms with Gasteiger partial charge in [0.2, 0.25) is 0 Å². The van der Waals surface area contributed by atoms with E-state index in [0.717, 1.165) is 31.8 Å². The van der Waals surface area contributed by atoms with Gasteiger partial charge in [0.25, 0.3) is 0 Å². The summed E-state index contributed by atoms with van der Waals surface area (Å²) < 4.78 is 6.75. The minimum atomic E-state index is -0.372. The fourth-order valence-electron chi connectivity index (χ4n) is 11.1. The molecule has 0 bridgehead atoms. The van der Waals surface area contributed by atoms with Crippen LogP contribution in [0, 0.1) is 50.7 Å². The molecular weight excluding hydrogens is 424 g/mol. The molecule has 5 saturated carbocycles. The fourth-order valence-corrected chi connectivity index (χ4v) is 11.1. The zero-order valence-corrected chi connectivity index (χ0v) is 22.9. The molecule has 6 rings (SSSR count). The molecule has 5 aliphatic carbocycles. The molecular formula is C30H52O4. The Labute approximate surface area is 208 Å². The van der Waals surface area contributed by atoms with Crippen LogP contribution in [0.25, 0.3) is 0 Å². The Balaban J connectivity index is 0.00000117. The third-order valence-electron chi connectivity index (χ3n) is 12.8. The molecule has 0 radical (unpaired) electrons. The van der Waals surface area contributed by atoms with Gasteiger partial charge < -0.3 is 20.1 Å². The summed E-state index contributed by atoms with van der Waals surface area (Å²) in [4.78, 5) is 0. The van der Waals surface area contributed by atoms with Gasteiger partial charge in [0.15, 0.2) is 0 Å². The largest absolute Gasteiger partial charge is 0.400 e. The fraction of sp³-hybridized carbons (Fsp3) is 1.00. The van der Waals surface area contributed by atoms with Gasteiger partial charge in [0, 0.05) is 7.11 Å². The molecule has 6 aliphatic rings. The second-order valence-corrected chi connectivity index (χ2v) is 15.2. The van der Waals surface area contributed by atoms with Crippen LogP contribution in [-0.2, 0) is 4.74 Å². The van der Waals surface area contributed by atoms with Crippen LogP contribution in [0.2, 0.25) is 0 Å². The van der Waals surface area contributed by atoms with E-state index in [1.165, 1.54) is 51.4 Å². The standard InChI is InChI=1S/C29H48O3.CH4O/c1-25(2,3)24(31)20-9-7-18-21(32-20)15-19-17-8-10-22-26(4,5)23(30)11-12-29(22)16-28(17,29)14-13-27(18,19)6;1-2/h17-24,30-31H,7-16H2,1-6H3;2H,1H3/t17?,18?,19?,20?,21?,22?,23-,24?,27+,28-,29+;/m0./s1. The minimum absolute atomic E-state index is 0.0117. The molecule has 2 spiro atoms. The summed E-state index contributed by atoms with van der Waals surface area (Å²) in [6.45, 7) is 13.8. The van der Waals surface area contributed by atoms with Crippen molar-refractivity contribution in [2.45, 2.75) is 130 Å². The molecule has 196 valence electrons. The average molecular weight is 477 g/mol. The molecule has 1 aliphatic heterocycles. The summed E-state index contributed by atoms with van der Waals surface area (Å²) in [7, 11) is 1.00. The van der Waals surface area contributed by atoms with Crippen LogP contribution in [0.1, 0.15) is 106 Å². The number of rotatable bonds is 1. The highest BCUT2D eigenvalue weighted by Crippen LogP contribution is 2.87. The maximum atomic E-state index is 10.9. The zero-order chi connectivity index (χ0) is 24.9. The van der Waals surface area contributed by atoms with Gasteiger partial charge in [-0.05, 0) is 115 Å². The van der Waals surface area contributed by atoms with Crippen LogP contribution in [0.5, 0.6) is 0 Å². The van der Waals surface area contributed by atoms with Crippen LogP contribution in [0.3, 0.4) is 0 Å². The Bertz CT molecular complexity index is 787. The van der Waals surface area contributed by atoms with Gasteiger partial charge in [-0.1, -0.05) is 41.5 Å². The van der Waals surface area contributed by atoms with E-state index in [4.69, 9.17) is 9.84 Å². The van der Waals surface area contributed by atoms with Crippen molar-refractivity contribution in [1.29, 1.82) is 0 Å². The Morgan fingerprint density at radius 1 is 0.824 bits per heavy atom. The molecule has 0 aromatic rings. The van der Waals surface area contributed by atoms with Crippen molar-refractivity contribution < 1.29 is 20.1 Å². The second-order valence-electron chi connectivity index (χ2n) is 15.2. The van der Waals surface area contributed by atoms with Crippen molar-refractivity contribution in [1.82, 2.24) is 0 Å². The molecule has 3 N–H and O–H groups in total. The normalized spacial score (nSPS) is 53.6. The Morgan fingerprint density at radius 2 is 1.50 bits per heavy atom. The maximum Gasteiger partial charge on any atom is 0.0850 e. The van der Waals surface area contributed by atoms with E-state index in [2.05, 4.69) is 41.5 Å². The molecule has 11 atom stereocenters. The lowest BCUT2D eigenvalue weighted by atomic mass is 9.46. The number of hydrogen-bond donors (Lipinski definition) is 3. The summed E-state index contributed by atoms with van der Waals surface area (Å²) in [5, 5.41) is 28.8. The second kappa shape index (κ2) is 7.92. The minimum Gasteiger partial charge on any atom is -0.400 e. The smallest absolute Gasteiger partial charge is 0.0850 e. The van der Waals surface area contributed by atoms with E-state index in [-0.39, 0.29) is 29.1 Å². The predicted octanol–water partition coefficient (Wildman–Crippen LogP) is 5.57. The summed E-state index contributed by atoms with van der Waals surface area (Å²) >= 11 is 0. The van der Waals surface area contributed by atoms with Gasteiger partial charge in [-0.3, -0.25) is 0 Å². The average Bonchev–Trinajstić information content (AvgIpc) is 3.37. The van der Waals surface area contributed by atoms with E-state index >= 15 is 0 Å². The number of aliphatic hydroxyl groups excluding tert-OH is 3. The highest BCUT2D eigenvalue weighted by Gasteiger charge is 2.80. The monoisotopic (exact) mass is 476 g/mol. The molecule has 0 aromatic carbocycles. The van der Waals surface area contributed by atoms with E-state index in [0.29, 0.717) is 34.2 Å². The van der Waals surface area contributed by atoms with E-state index in [9.17, 15) is 10.2 Å². The number of ether oxygens (including phenoxy) is 1. The Hall–Kier alpha value is -0.160. The van der Waals surface area contributed by atoms with Crippen molar-refractivity contribution in [3.05, 3.63) is 0 Å². The lowest BCUT2D eigenvalue weighted by Gasteiger charge is -2.59. The first kappa shape index (κ1) is 25.5. The summed E-state index contributed by atoms with van der Waals surface area (Å²) in [5.41, 5.74) is 1.48. The van der Waals surface area contributed by atoms with Crippen molar-refractivity contribution in [3.63, 3.8) is 0 Å². The Kier molecular flexibility index (Phi) is 5.94. The van der Waals surface area contributed by atoms with E-state index in [1.54, 1.807) is 0 Å². The molecule has 6 fully saturated rings. The maximum absolute atomic E-state index is 10.9. The van der Waals surface area contributed by atoms with Gasteiger partial charge in [-0.25, -0.2) is 0 Å². The Morgan fingerprint density at radius 3 is 2.18 bits per heavy atom. The highest BCUT2D eigenvalue weighted by molar-refractivity contribution is 5.29. The van der Waals surface area contributed by atoms with E-state index < -0.39 is 0 Å². The van der Waals surface area contributed by atoms with Gasteiger partial charge in [-0.2, -0.15) is 0 Å². The van der Waals surface area contributed by atoms with Crippen molar-refractivity contribution >= 4 is 0 Å². The zero-order valence-electron chi connectivity index (χ0n) is 22.9. The number of fused-ring (bicyclic) bond motifs is 4. The van der Waals surface area contributed by atoms with Crippen molar-refractivity contribution in [2.75, 3.05) is 7.11 Å². The van der Waals surface area contributed by atoms with Gasteiger partial charge in [-0.15, -0.1) is 0 Å². The third-order valence-corrected chi connectivity index (χ3v) is 12.8. The van der Waals surface area contributed by atoms with Crippen LogP contribution in [0.15, 0.2) is 0 Å². The lowest BCUT2D eigenvalue weighted by Crippen LogP contribution is -2.54. The van der Waals surface area contributed by atoms with Gasteiger partial charge in [0.05, 0.1) is 24.4 Å². The SMILES string of the molecule is CC(C)(C)C(O)C1CCC2C(CC3C4CCC5C(C)(C)[C@@H](O)CC[C@@]56C[C@@]46CC[C@]23C)O1.CO. The first-order chi connectivity index (χ1) is 15.9. The molecule has 0 aromatic heterocycles. The summed E-state index contributed by atoms with van der Waals surface area (Å²) in [6, 6.07) is 0. The van der Waals surface area contributed by atoms with Crippen LogP contribution >= 0.6 is 0 Å². The van der Waals surface area contributed by atoms with Crippen molar-refractivity contribution in [3.8, 4) is 0 Å². The topological polar surface area (TPSA) is 69.9 Å². The molecule has 4 heteroatoms. The van der Waals surface area contributed by atoms with Crippen molar-refractivity contribution in [2.24, 2.45) is 50.7 Å².